The summed E-state index contributed by atoms with van der Waals surface area (Å²) in [7, 11) is 1.38. The molecule has 0 fully saturated rings. The predicted molar refractivity (Wildman–Crippen MR) is 99.5 cm³/mol. The monoisotopic (exact) mass is 378 g/mol. The van der Waals surface area contributed by atoms with Gasteiger partial charge in [0.05, 0.1) is 15.8 Å². The van der Waals surface area contributed by atoms with E-state index in [0.29, 0.717) is 27.6 Å². The minimum absolute atomic E-state index is 0.172. The van der Waals surface area contributed by atoms with Crippen molar-refractivity contribution < 1.29 is 14.5 Å². The van der Waals surface area contributed by atoms with E-state index in [2.05, 4.69) is 10.3 Å². The number of benzene rings is 2. The lowest BCUT2D eigenvalue weighted by Gasteiger charge is -2.08. The van der Waals surface area contributed by atoms with Crippen molar-refractivity contribution in [3.8, 4) is 0 Å². The van der Waals surface area contributed by atoms with Crippen LogP contribution in [-0.2, 0) is 21.1 Å². The lowest BCUT2D eigenvalue weighted by Crippen LogP contribution is -2.08. The van der Waals surface area contributed by atoms with E-state index in [1.54, 1.807) is 37.3 Å². The maximum Gasteiger partial charge on any atom is 0.172 e. The van der Waals surface area contributed by atoms with Crippen molar-refractivity contribution in [2.45, 2.75) is 13.5 Å². The number of hydrogen-bond donors (Lipinski definition) is 0. The molecule has 0 unspecified atom stereocenters. The molecule has 0 spiro atoms. The van der Waals surface area contributed by atoms with Crippen LogP contribution in [-0.4, -0.2) is 24.8 Å². The SMILES string of the molecule is CO/N=C(/C=O)c1ccccc1CO/N=C(\C)c1ccc(Cl)c(Cl)c1. The summed E-state index contributed by atoms with van der Waals surface area (Å²) >= 11 is 11.9. The highest BCUT2D eigenvalue weighted by Gasteiger charge is 2.10. The van der Waals surface area contributed by atoms with Gasteiger partial charge >= 0.3 is 0 Å². The largest absolute Gasteiger partial charge is 0.399 e. The number of carbonyl (C=O) groups is 1. The van der Waals surface area contributed by atoms with Gasteiger partial charge in [-0.05, 0) is 19.1 Å². The molecule has 0 amide bonds. The Morgan fingerprint density at radius 3 is 2.56 bits per heavy atom. The molecule has 0 saturated carbocycles. The number of oxime groups is 2. The van der Waals surface area contributed by atoms with E-state index in [0.717, 1.165) is 11.1 Å². The van der Waals surface area contributed by atoms with Crippen LogP contribution >= 0.6 is 23.2 Å². The predicted octanol–water partition coefficient (Wildman–Crippen LogP) is 4.48. The van der Waals surface area contributed by atoms with Crippen LogP contribution in [0.2, 0.25) is 10.0 Å². The molecule has 0 aromatic heterocycles. The van der Waals surface area contributed by atoms with Crippen molar-refractivity contribution in [1.82, 2.24) is 0 Å². The van der Waals surface area contributed by atoms with Gasteiger partial charge in [-0.2, -0.15) is 0 Å². The summed E-state index contributed by atoms with van der Waals surface area (Å²) in [6.07, 6.45) is 0.632. The topological polar surface area (TPSA) is 60.2 Å². The Morgan fingerprint density at radius 1 is 1.12 bits per heavy atom. The first-order valence-electron chi connectivity index (χ1n) is 7.33. The molecule has 0 bridgehead atoms. The lowest BCUT2D eigenvalue weighted by atomic mass is 10.0. The van der Waals surface area contributed by atoms with Crippen molar-refractivity contribution in [2.24, 2.45) is 10.3 Å². The standard InChI is InChI=1S/C18H16Cl2N2O3/c1-12(13-7-8-16(19)17(20)9-13)21-25-11-14-5-3-4-6-15(14)18(10-23)22-24-2/h3-10H,11H2,1-2H3/b21-12+,22-18-. The molecule has 5 nitrogen and oxygen atoms in total. The zero-order valence-corrected chi connectivity index (χ0v) is 15.2. The molecule has 0 N–H and O–H groups in total. The van der Waals surface area contributed by atoms with Gasteiger partial charge in [0.2, 0.25) is 0 Å². The van der Waals surface area contributed by atoms with Gasteiger partial charge in [-0.15, -0.1) is 0 Å². The van der Waals surface area contributed by atoms with Gasteiger partial charge in [0.15, 0.2) is 6.29 Å². The Hall–Kier alpha value is -2.37. The zero-order chi connectivity index (χ0) is 18.2. The minimum atomic E-state index is 0.172. The van der Waals surface area contributed by atoms with Gasteiger partial charge in [-0.1, -0.05) is 63.8 Å². The summed E-state index contributed by atoms with van der Waals surface area (Å²) in [4.78, 5) is 21.3. The second-order valence-electron chi connectivity index (χ2n) is 5.01. The third-order valence-electron chi connectivity index (χ3n) is 3.35. The van der Waals surface area contributed by atoms with Gasteiger partial charge in [0.1, 0.15) is 19.4 Å². The number of halogens is 2. The second kappa shape index (κ2) is 9.20. The maximum atomic E-state index is 11.2. The quantitative estimate of drug-likeness (QED) is 0.405. The van der Waals surface area contributed by atoms with Crippen LogP contribution in [0.1, 0.15) is 23.6 Å². The molecular formula is C18H16Cl2N2O3. The molecule has 2 aromatic carbocycles. The average Bonchev–Trinajstić information content (AvgIpc) is 2.62. The van der Waals surface area contributed by atoms with E-state index < -0.39 is 0 Å². The fourth-order valence-electron chi connectivity index (χ4n) is 2.10. The van der Waals surface area contributed by atoms with Gasteiger partial charge in [-0.3, -0.25) is 4.79 Å². The molecule has 130 valence electrons. The van der Waals surface area contributed by atoms with Crippen LogP contribution in [0.5, 0.6) is 0 Å². The highest BCUT2D eigenvalue weighted by atomic mass is 35.5. The number of aldehydes is 1. The third kappa shape index (κ3) is 5.05. The second-order valence-corrected chi connectivity index (χ2v) is 5.83. The Balaban J connectivity index is 2.15. The van der Waals surface area contributed by atoms with Crippen LogP contribution in [0, 0.1) is 0 Å². The minimum Gasteiger partial charge on any atom is -0.399 e. The van der Waals surface area contributed by atoms with Crippen LogP contribution < -0.4 is 0 Å². The Morgan fingerprint density at radius 2 is 1.88 bits per heavy atom. The molecular weight excluding hydrogens is 363 g/mol. The van der Waals surface area contributed by atoms with Crippen LogP contribution in [0.25, 0.3) is 0 Å². The van der Waals surface area contributed by atoms with E-state index in [1.807, 2.05) is 12.1 Å². The molecule has 0 radical (unpaired) electrons. The number of carbonyl (C=O) groups excluding carboxylic acids is 1. The number of nitrogens with zero attached hydrogens (tertiary/aromatic N) is 2. The molecule has 7 heteroatoms. The number of rotatable bonds is 7. The van der Waals surface area contributed by atoms with Gasteiger partial charge < -0.3 is 9.68 Å². The molecule has 0 aliphatic rings. The normalized spacial score (nSPS) is 12.0. The van der Waals surface area contributed by atoms with Crippen molar-refractivity contribution in [3.05, 3.63) is 69.2 Å². The van der Waals surface area contributed by atoms with Crippen LogP contribution in [0.15, 0.2) is 52.8 Å². The van der Waals surface area contributed by atoms with Crippen molar-refractivity contribution >= 4 is 40.9 Å². The Bertz CT molecular complexity index is 820. The highest BCUT2D eigenvalue weighted by Crippen LogP contribution is 2.23. The van der Waals surface area contributed by atoms with E-state index in [1.165, 1.54) is 7.11 Å². The van der Waals surface area contributed by atoms with Crippen molar-refractivity contribution in [2.75, 3.05) is 7.11 Å². The summed E-state index contributed by atoms with van der Waals surface area (Å²) in [5.41, 5.74) is 3.03. The summed E-state index contributed by atoms with van der Waals surface area (Å²) < 4.78 is 0. The van der Waals surface area contributed by atoms with E-state index in [9.17, 15) is 4.79 Å². The van der Waals surface area contributed by atoms with Crippen LogP contribution in [0.4, 0.5) is 0 Å². The molecule has 2 aromatic rings. The molecule has 0 aliphatic carbocycles. The van der Waals surface area contributed by atoms with Gasteiger partial charge in [0.25, 0.3) is 0 Å². The maximum absolute atomic E-state index is 11.2. The zero-order valence-electron chi connectivity index (χ0n) is 13.7. The molecule has 25 heavy (non-hydrogen) atoms. The first kappa shape index (κ1) is 19.0. The van der Waals surface area contributed by atoms with Crippen molar-refractivity contribution in [3.63, 3.8) is 0 Å². The fourth-order valence-corrected chi connectivity index (χ4v) is 2.40. The van der Waals surface area contributed by atoms with Gasteiger partial charge in [0, 0.05) is 16.7 Å². The summed E-state index contributed by atoms with van der Waals surface area (Å²) in [6.45, 7) is 1.97. The van der Waals surface area contributed by atoms with E-state index >= 15 is 0 Å². The van der Waals surface area contributed by atoms with E-state index in [4.69, 9.17) is 32.9 Å². The Kier molecular flexibility index (Phi) is 6.98. The summed E-state index contributed by atoms with van der Waals surface area (Å²) in [5, 5.41) is 8.73. The summed E-state index contributed by atoms with van der Waals surface area (Å²) in [5.74, 6) is 0. The smallest absolute Gasteiger partial charge is 0.172 e. The van der Waals surface area contributed by atoms with Crippen molar-refractivity contribution in [1.29, 1.82) is 0 Å². The van der Waals surface area contributed by atoms with Crippen LogP contribution in [0.3, 0.4) is 0 Å². The lowest BCUT2D eigenvalue weighted by molar-refractivity contribution is -0.102. The third-order valence-corrected chi connectivity index (χ3v) is 4.09. The first-order chi connectivity index (χ1) is 12.1. The first-order valence-corrected chi connectivity index (χ1v) is 8.09. The molecule has 0 saturated heterocycles. The van der Waals surface area contributed by atoms with Gasteiger partial charge in [-0.25, -0.2) is 0 Å². The molecule has 2 rings (SSSR count). The summed E-state index contributed by atoms with van der Waals surface area (Å²) in [6, 6.07) is 12.5. The molecule has 0 heterocycles. The fraction of sp³-hybridized carbons (Fsp3) is 0.167. The molecule has 0 aliphatic heterocycles. The highest BCUT2D eigenvalue weighted by molar-refractivity contribution is 6.42. The van der Waals surface area contributed by atoms with E-state index in [-0.39, 0.29) is 12.3 Å². The Labute approximate surface area is 155 Å². The molecule has 0 atom stereocenters. The number of hydrogen-bond acceptors (Lipinski definition) is 5. The average molecular weight is 379 g/mol.